The van der Waals surface area contributed by atoms with Crippen LogP contribution in [0.2, 0.25) is 9.36 Å². The normalized spacial score (nSPS) is 15.8. The zero-order valence-electron chi connectivity index (χ0n) is 32.0. The third-order valence-corrected chi connectivity index (χ3v) is 11.4. The van der Waals surface area contributed by atoms with E-state index in [0.29, 0.717) is 81.4 Å². The quantitative estimate of drug-likeness (QED) is 0.154. The van der Waals surface area contributed by atoms with Gasteiger partial charge >= 0.3 is 6.03 Å². The standard InChI is InChI=1S/C23H21ClN4O3.C21H18ClN3O3S/c24-17-6-8-18(9-7-17)26-23(31)27-14-12-19(15-27)25-22(30)16-4-10-20(11-5-16)28-13-2-1-3-21(28)29;22-18-9-8-17(29-18)21(28)24-12-10-15(13-24)23-20(27)14-4-6-16(7-5-14)25-11-2-1-3-19(25)26/h1-11,13,19H,12,14-15H2,(H,25,30)(H,26,31);1-9,11,15H,10,12-13H2,(H,23,27). The number of hydrogen-bond donors (Lipinski definition) is 3. The highest BCUT2D eigenvalue weighted by atomic mass is 35.5. The molecule has 0 aliphatic carbocycles. The van der Waals surface area contributed by atoms with Crippen molar-refractivity contribution in [3.05, 3.63) is 180 Å². The van der Waals surface area contributed by atoms with Gasteiger partial charge < -0.3 is 25.8 Å². The van der Waals surface area contributed by atoms with Crippen LogP contribution in [0.1, 0.15) is 43.2 Å². The first kappa shape index (κ1) is 41.7. The minimum absolute atomic E-state index is 0.0590. The second-order valence-corrected chi connectivity index (χ2v) is 16.2. The van der Waals surface area contributed by atoms with E-state index < -0.39 is 0 Å². The molecule has 2 aliphatic rings. The lowest BCUT2D eigenvalue weighted by atomic mass is 10.1. The molecule has 60 heavy (non-hydrogen) atoms. The molecule has 5 amide bonds. The van der Waals surface area contributed by atoms with Crippen LogP contribution in [0.3, 0.4) is 0 Å². The van der Waals surface area contributed by atoms with Crippen LogP contribution in [0.15, 0.2) is 143 Å². The van der Waals surface area contributed by atoms with Gasteiger partial charge in [0.05, 0.1) is 9.21 Å². The molecule has 16 heteroatoms. The Hall–Kier alpha value is -6.48. The summed E-state index contributed by atoms with van der Waals surface area (Å²) in [7, 11) is 0. The second-order valence-electron chi connectivity index (χ2n) is 14.1. The fourth-order valence-electron chi connectivity index (χ4n) is 6.81. The molecule has 2 fully saturated rings. The van der Waals surface area contributed by atoms with Gasteiger partial charge in [0, 0.05) is 96.0 Å². The first-order chi connectivity index (χ1) is 29.0. The third-order valence-electron chi connectivity index (χ3n) is 9.96. The zero-order valence-corrected chi connectivity index (χ0v) is 34.3. The van der Waals surface area contributed by atoms with E-state index in [-0.39, 0.29) is 47.0 Å². The highest BCUT2D eigenvalue weighted by Gasteiger charge is 2.30. The first-order valence-corrected chi connectivity index (χ1v) is 20.6. The number of carbonyl (C=O) groups is 4. The second kappa shape index (κ2) is 19.1. The van der Waals surface area contributed by atoms with E-state index in [1.165, 1.54) is 32.6 Å². The van der Waals surface area contributed by atoms with E-state index in [1.807, 2.05) is 0 Å². The summed E-state index contributed by atoms with van der Waals surface area (Å²) in [6, 6.07) is 33.5. The maximum Gasteiger partial charge on any atom is 0.321 e. The molecule has 0 spiro atoms. The fraction of sp³-hybridized carbons (Fsp3) is 0.182. The number of halogens is 2. The SMILES string of the molecule is O=C(NC1CCN(C(=O)Nc2ccc(Cl)cc2)C1)c1ccc(-n2ccccc2=O)cc1.O=C(NC1CCN(C(=O)c2ccc(Cl)s2)C1)c1ccc(-n2ccccc2=O)cc1. The number of rotatable bonds is 8. The van der Waals surface area contributed by atoms with E-state index in [9.17, 15) is 28.8 Å². The van der Waals surface area contributed by atoms with Gasteiger partial charge in [0.25, 0.3) is 28.8 Å². The van der Waals surface area contributed by atoms with Crippen molar-refractivity contribution in [2.24, 2.45) is 0 Å². The van der Waals surface area contributed by atoms with E-state index in [4.69, 9.17) is 23.2 Å². The van der Waals surface area contributed by atoms with Gasteiger partial charge in [0.2, 0.25) is 0 Å². The Morgan fingerprint density at radius 3 is 1.57 bits per heavy atom. The molecule has 3 aromatic heterocycles. The monoisotopic (exact) mass is 863 g/mol. The minimum atomic E-state index is -0.211. The van der Waals surface area contributed by atoms with Crippen LogP contribution in [0.25, 0.3) is 11.4 Å². The fourth-order valence-corrected chi connectivity index (χ4v) is 7.95. The van der Waals surface area contributed by atoms with Gasteiger partial charge in [0.1, 0.15) is 0 Å². The minimum Gasteiger partial charge on any atom is -0.347 e. The summed E-state index contributed by atoms with van der Waals surface area (Å²) in [5, 5.41) is 9.39. The number of hydrogen-bond acceptors (Lipinski definition) is 7. The van der Waals surface area contributed by atoms with Crippen molar-refractivity contribution in [1.82, 2.24) is 29.6 Å². The van der Waals surface area contributed by atoms with Crippen LogP contribution in [-0.4, -0.2) is 80.9 Å². The molecule has 8 rings (SSSR count). The summed E-state index contributed by atoms with van der Waals surface area (Å²) in [6.45, 7) is 2.05. The smallest absolute Gasteiger partial charge is 0.321 e. The molecule has 3 N–H and O–H groups in total. The van der Waals surface area contributed by atoms with Crippen LogP contribution >= 0.6 is 34.5 Å². The van der Waals surface area contributed by atoms with Crippen LogP contribution in [0, 0.1) is 0 Å². The van der Waals surface area contributed by atoms with Crippen molar-refractivity contribution in [1.29, 1.82) is 0 Å². The number of amides is 5. The summed E-state index contributed by atoms with van der Waals surface area (Å²) >= 11 is 13.0. The molecular weight excluding hydrogens is 825 g/mol. The highest BCUT2D eigenvalue weighted by Crippen LogP contribution is 2.24. The number of aromatic nitrogens is 2. The topological polar surface area (TPSA) is 155 Å². The predicted molar refractivity (Wildman–Crippen MR) is 233 cm³/mol. The van der Waals surface area contributed by atoms with Crippen molar-refractivity contribution in [3.8, 4) is 11.4 Å². The third kappa shape index (κ3) is 10.4. The van der Waals surface area contributed by atoms with Gasteiger partial charge in [0.15, 0.2) is 0 Å². The maximum atomic E-state index is 12.6. The van der Waals surface area contributed by atoms with Gasteiger partial charge in [-0.05, 0) is 110 Å². The van der Waals surface area contributed by atoms with Crippen LogP contribution < -0.4 is 27.1 Å². The Bertz CT molecular complexity index is 2610. The molecule has 2 aliphatic heterocycles. The molecule has 0 radical (unpaired) electrons. The number of nitrogens with zero attached hydrogens (tertiary/aromatic N) is 4. The largest absolute Gasteiger partial charge is 0.347 e. The van der Waals surface area contributed by atoms with Crippen molar-refractivity contribution in [2.45, 2.75) is 24.9 Å². The van der Waals surface area contributed by atoms with Crippen molar-refractivity contribution < 1.29 is 19.2 Å². The van der Waals surface area contributed by atoms with Crippen LogP contribution in [-0.2, 0) is 0 Å². The summed E-state index contributed by atoms with van der Waals surface area (Å²) in [6.07, 6.45) is 4.74. The Morgan fingerprint density at radius 1 is 0.583 bits per heavy atom. The number of benzene rings is 3. The number of thiophene rings is 1. The molecule has 2 saturated heterocycles. The lowest BCUT2D eigenvalue weighted by molar-refractivity contribution is 0.0787. The molecule has 5 heterocycles. The molecule has 2 unspecified atom stereocenters. The summed E-state index contributed by atoms with van der Waals surface area (Å²) in [5.74, 6) is -0.469. The Kier molecular flexibility index (Phi) is 13.2. The molecule has 0 saturated carbocycles. The van der Waals surface area contributed by atoms with Gasteiger partial charge in [-0.1, -0.05) is 35.3 Å². The van der Waals surface area contributed by atoms with E-state index >= 15 is 0 Å². The first-order valence-electron chi connectivity index (χ1n) is 19.0. The average Bonchev–Trinajstić information content (AvgIpc) is 4.04. The van der Waals surface area contributed by atoms with E-state index in [1.54, 1.807) is 131 Å². The average molecular weight is 865 g/mol. The zero-order chi connectivity index (χ0) is 42.2. The van der Waals surface area contributed by atoms with Gasteiger partial charge in [-0.15, -0.1) is 11.3 Å². The molecule has 6 aromatic rings. The molecule has 2 atom stereocenters. The highest BCUT2D eigenvalue weighted by molar-refractivity contribution is 7.18. The lowest BCUT2D eigenvalue weighted by Gasteiger charge is -2.18. The maximum absolute atomic E-state index is 12.6. The lowest BCUT2D eigenvalue weighted by Crippen LogP contribution is -2.39. The summed E-state index contributed by atoms with van der Waals surface area (Å²) in [4.78, 5) is 77.9. The van der Waals surface area contributed by atoms with Gasteiger partial charge in [-0.25, -0.2) is 4.79 Å². The summed E-state index contributed by atoms with van der Waals surface area (Å²) in [5.41, 5.74) is 2.78. The number of nitrogens with one attached hydrogen (secondary N) is 3. The van der Waals surface area contributed by atoms with E-state index in [0.717, 1.165) is 0 Å². The van der Waals surface area contributed by atoms with Gasteiger partial charge in [-0.3, -0.25) is 33.1 Å². The molecular formula is C44H39Cl2N7O6S. The molecule has 13 nitrogen and oxygen atoms in total. The Labute approximate surface area is 358 Å². The number of anilines is 1. The Balaban J connectivity index is 0.000000182. The number of likely N-dealkylation sites (tertiary alicyclic amines) is 2. The molecule has 306 valence electrons. The van der Waals surface area contributed by atoms with Gasteiger partial charge in [-0.2, -0.15) is 0 Å². The van der Waals surface area contributed by atoms with Crippen molar-refractivity contribution >= 4 is 64.0 Å². The summed E-state index contributed by atoms with van der Waals surface area (Å²) < 4.78 is 3.60. The number of urea groups is 1. The van der Waals surface area contributed by atoms with Crippen LogP contribution in [0.4, 0.5) is 10.5 Å². The predicted octanol–water partition coefficient (Wildman–Crippen LogP) is 6.72. The molecule has 0 bridgehead atoms. The van der Waals surface area contributed by atoms with Crippen molar-refractivity contribution in [3.63, 3.8) is 0 Å². The van der Waals surface area contributed by atoms with Crippen molar-refractivity contribution in [2.75, 3.05) is 31.5 Å². The molecule has 3 aromatic carbocycles. The van der Waals surface area contributed by atoms with Crippen LogP contribution in [0.5, 0.6) is 0 Å². The Morgan fingerprint density at radius 2 is 1.08 bits per heavy atom. The number of pyridine rings is 2. The van der Waals surface area contributed by atoms with E-state index in [2.05, 4.69) is 16.0 Å². The number of carbonyl (C=O) groups excluding carboxylic acids is 4.